The Morgan fingerprint density at radius 2 is 1.64 bits per heavy atom. The quantitative estimate of drug-likeness (QED) is 0.554. The second kappa shape index (κ2) is 10.6. The standard InChI is InChI=1S/C23H29ClN4O4S/c24-17-6-8-19(9-7-17)27-33(30,31)22-16-20(10-11-21(22)28-12-14-32-15-13-28)26-23(29)25-18-4-2-1-3-5-18/h6-11,16,18,27H,1-5,12-15H2,(H2,25,26,29). The summed E-state index contributed by atoms with van der Waals surface area (Å²) < 4.78 is 34.8. The van der Waals surface area contributed by atoms with Crippen molar-refractivity contribution in [2.45, 2.75) is 43.0 Å². The smallest absolute Gasteiger partial charge is 0.319 e. The summed E-state index contributed by atoms with van der Waals surface area (Å²) in [7, 11) is -3.94. The van der Waals surface area contributed by atoms with Crippen LogP contribution in [0.2, 0.25) is 5.02 Å². The number of benzene rings is 2. The van der Waals surface area contributed by atoms with Gasteiger partial charge in [0, 0.05) is 35.5 Å². The van der Waals surface area contributed by atoms with Gasteiger partial charge in [0.05, 0.1) is 18.9 Å². The maximum atomic E-state index is 13.4. The van der Waals surface area contributed by atoms with E-state index in [9.17, 15) is 13.2 Å². The van der Waals surface area contributed by atoms with Gasteiger partial charge in [-0.2, -0.15) is 0 Å². The number of urea groups is 1. The van der Waals surface area contributed by atoms with Crippen LogP contribution in [0.25, 0.3) is 0 Å². The molecule has 0 unspecified atom stereocenters. The van der Waals surface area contributed by atoms with Gasteiger partial charge in [0.25, 0.3) is 10.0 Å². The molecule has 178 valence electrons. The molecule has 2 aliphatic rings. The third kappa shape index (κ3) is 6.31. The zero-order valence-corrected chi connectivity index (χ0v) is 19.9. The van der Waals surface area contributed by atoms with E-state index in [0.29, 0.717) is 48.4 Å². The lowest BCUT2D eigenvalue weighted by molar-refractivity contribution is 0.122. The molecule has 4 rings (SSSR count). The van der Waals surface area contributed by atoms with Crippen LogP contribution in [0.4, 0.5) is 21.9 Å². The summed E-state index contributed by atoms with van der Waals surface area (Å²) in [6.07, 6.45) is 5.35. The number of carbonyl (C=O) groups is 1. The first-order valence-corrected chi connectivity index (χ1v) is 13.1. The molecule has 1 saturated carbocycles. The maximum Gasteiger partial charge on any atom is 0.319 e. The number of hydrogen-bond donors (Lipinski definition) is 3. The second-order valence-electron chi connectivity index (χ2n) is 8.33. The van der Waals surface area contributed by atoms with Crippen molar-refractivity contribution < 1.29 is 17.9 Å². The van der Waals surface area contributed by atoms with Crippen LogP contribution in [0.3, 0.4) is 0 Å². The fraction of sp³-hybridized carbons (Fsp3) is 0.435. The highest BCUT2D eigenvalue weighted by atomic mass is 35.5. The van der Waals surface area contributed by atoms with E-state index in [2.05, 4.69) is 15.4 Å². The van der Waals surface area contributed by atoms with E-state index in [1.54, 1.807) is 36.4 Å². The number of nitrogens with one attached hydrogen (secondary N) is 3. The predicted molar refractivity (Wildman–Crippen MR) is 131 cm³/mol. The van der Waals surface area contributed by atoms with Gasteiger partial charge in [0.1, 0.15) is 4.90 Å². The molecule has 1 saturated heterocycles. The van der Waals surface area contributed by atoms with Gasteiger partial charge >= 0.3 is 6.03 Å². The molecule has 1 aliphatic heterocycles. The van der Waals surface area contributed by atoms with Gasteiger partial charge in [-0.3, -0.25) is 4.72 Å². The lowest BCUT2D eigenvalue weighted by Crippen LogP contribution is -2.39. The van der Waals surface area contributed by atoms with Crippen LogP contribution in [0.15, 0.2) is 47.4 Å². The second-order valence-corrected chi connectivity index (χ2v) is 10.4. The first kappa shape index (κ1) is 23.7. The molecule has 0 bridgehead atoms. The van der Waals surface area contributed by atoms with Gasteiger partial charge in [-0.15, -0.1) is 0 Å². The molecule has 2 fully saturated rings. The van der Waals surface area contributed by atoms with Crippen molar-refractivity contribution in [1.82, 2.24) is 5.32 Å². The number of carbonyl (C=O) groups excluding carboxylic acids is 1. The van der Waals surface area contributed by atoms with Crippen molar-refractivity contribution in [3.05, 3.63) is 47.5 Å². The van der Waals surface area contributed by atoms with Gasteiger partial charge in [-0.25, -0.2) is 13.2 Å². The lowest BCUT2D eigenvalue weighted by atomic mass is 9.96. The van der Waals surface area contributed by atoms with E-state index in [1.165, 1.54) is 12.5 Å². The molecule has 2 amide bonds. The average molecular weight is 493 g/mol. The molecule has 33 heavy (non-hydrogen) atoms. The Hall–Kier alpha value is -2.49. The number of amides is 2. The van der Waals surface area contributed by atoms with Gasteiger partial charge in [-0.05, 0) is 55.3 Å². The van der Waals surface area contributed by atoms with E-state index in [4.69, 9.17) is 16.3 Å². The van der Waals surface area contributed by atoms with E-state index in [1.807, 2.05) is 4.90 Å². The number of morpholine rings is 1. The molecule has 8 nitrogen and oxygen atoms in total. The number of sulfonamides is 1. The Labute approximate surface area is 199 Å². The molecular weight excluding hydrogens is 464 g/mol. The molecule has 0 atom stereocenters. The molecule has 1 heterocycles. The molecule has 3 N–H and O–H groups in total. The molecular formula is C23H29ClN4O4S. The molecule has 2 aromatic rings. The number of ether oxygens (including phenoxy) is 1. The Bertz CT molecular complexity index is 1070. The van der Waals surface area contributed by atoms with Crippen LogP contribution < -0.4 is 20.3 Å². The molecule has 10 heteroatoms. The van der Waals surface area contributed by atoms with Crippen LogP contribution in [-0.4, -0.2) is 46.8 Å². The Morgan fingerprint density at radius 3 is 2.33 bits per heavy atom. The van der Waals surface area contributed by atoms with Crippen LogP contribution in [0.5, 0.6) is 0 Å². The number of hydrogen-bond acceptors (Lipinski definition) is 5. The number of nitrogens with zero attached hydrogens (tertiary/aromatic N) is 1. The predicted octanol–water partition coefficient (Wildman–Crippen LogP) is 4.43. The van der Waals surface area contributed by atoms with Crippen LogP contribution in [-0.2, 0) is 14.8 Å². The lowest BCUT2D eigenvalue weighted by Gasteiger charge is -2.30. The number of rotatable bonds is 6. The van der Waals surface area contributed by atoms with E-state index in [0.717, 1.165) is 25.7 Å². The maximum absolute atomic E-state index is 13.4. The third-order valence-electron chi connectivity index (χ3n) is 5.90. The minimum Gasteiger partial charge on any atom is -0.378 e. The van der Waals surface area contributed by atoms with Gasteiger partial charge in [-0.1, -0.05) is 30.9 Å². The molecule has 1 aliphatic carbocycles. The summed E-state index contributed by atoms with van der Waals surface area (Å²) in [5.74, 6) is 0. The van der Waals surface area contributed by atoms with Gasteiger partial charge < -0.3 is 20.3 Å². The van der Waals surface area contributed by atoms with Crippen LogP contribution in [0, 0.1) is 0 Å². The summed E-state index contributed by atoms with van der Waals surface area (Å²) in [4.78, 5) is 14.6. The monoisotopic (exact) mass is 492 g/mol. The average Bonchev–Trinajstić information content (AvgIpc) is 2.81. The SMILES string of the molecule is O=C(Nc1ccc(N2CCOCC2)c(S(=O)(=O)Nc2ccc(Cl)cc2)c1)NC1CCCCC1. The third-order valence-corrected chi connectivity index (χ3v) is 7.56. The summed E-state index contributed by atoms with van der Waals surface area (Å²) in [6, 6.07) is 11.2. The number of halogens is 1. The van der Waals surface area contributed by atoms with E-state index in [-0.39, 0.29) is 17.0 Å². The minimum atomic E-state index is -3.94. The zero-order valence-electron chi connectivity index (χ0n) is 18.3. The van der Waals surface area contributed by atoms with E-state index >= 15 is 0 Å². The molecule has 0 radical (unpaired) electrons. The summed E-state index contributed by atoms with van der Waals surface area (Å²) >= 11 is 5.92. The largest absolute Gasteiger partial charge is 0.378 e. The van der Waals surface area contributed by atoms with Crippen LogP contribution >= 0.6 is 11.6 Å². The Kier molecular flexibility index (Phi) is 7.62. The Balaban J connectivity index is 1.58. The fourth-order valence-corrected chi connectivity index (χ4v) is 5.64. The minimum absolute atomic E-state index is 0.0924. The van der Waals surface area contributed by atoms with Crippen molar-refractivity contribution >= 4 is 44.7 Å². The van der Waals surface area contributed by atoms with Crippen molar-refractivity contribution in [2.75, 3.05) is 41.2 Å². The number of anilines is 3. The van der Waals surface area contributed by atoms with Crippen molar-refractivity contribution in [2.24, 2.45) is 0 Å². The van der Waals surface area contributed by atoms with Crippen LogP contribution in [0.1, 0.15) is 32.1 Å². The van der Waals surface area contributed by atoms with Crippen molar-refractivity contribution in [3.63, 3.8) is 0 Å². The zero-order chi connectivity index (χ0) is 23.3. The highest BCUT2D eigenvalue weighted by Gasteiger charge is 2.25. The van der Waals surface area contributed by atoms with Gasteiger partial charge in [0.2, 0.25) is 0 Å². The van der Waals surface area contributed by atoms with E-state index < -0.39 is 10.0 Å². The van der Waals surface area contributed by atoms with Gasteiger partial charge in [0.15, 0.2) is 0 Å². The topological polar surface area (TPSA) is 99.8 Å². The highest BCUT2D eigenvalue weighted by Crippen LogP contribution is 2.31. The first-order valence-electron chi connectivity index (χ1n) is 11.2. The normalized spacial score (nSPS) is 17.4. The first-order chi connectivity index (χ1) is 15.9. The summed E-state index contributed by atoms with van der Waals surface area (Å²) in [5.41, 5.74) is 1.38. The Morgan fingerprint density at radius 1 is 0.970 bits per heavy atom. The van der Waals surface area contributed by atoms with Crippen molar-refractivity contribution in [3.8, 4) is 0 Å². The molecule has 0 aromatic heterocycles. The molecule has 0 spiro atoms. The highest BCUT2D eigenvalue weighted by molar-refractivity contribution is 7.92. The summed E-state index contributed by atoms with van der Waals surface area (Å²) in [5, 5.41) is 6.31. The fourth-order valence-electron chi connectivity index (χ4n) is 4.20. The van der Waals surface area contributed by atoms with Crippen molar-refractivity contribution in [1.29, 1.82) is 0 Å². The summed E-state index contributed by atoms with van der Waals surface area (Å²) in [6.45, 7) is 2.21. The molecule has 2 aromatic carbocycles.